The van der Waals surface area contributed by atoms with Crippen molar-refractivity contribution in [1.82, 2.24) is 0 Å². The third-order valence-corrected chi connectivity index (χ3v) is 2.22. The lowest BCUT2D eigenvalue weighted by Gasteiger charge is -2.06. The van der Waals surface area contributed by atoms with Crippen molar-refractivity contribution in [2.45, 2.75) is 6.42 Å². The molecule has 0 bridgehead atoms. The van der Waals surface area contributed by atoms with Gasteiger partial charge in [0.1, 0.15) is 11.5 Å². The lowest BCUT2D eigenvalue weighted by Crippen LogP contribution is -1.94. The molecule has 0 saturated carbocycles. The highest BCUT2D eigenvalue weighted by Gasteiger charge is 2.03. The van der Waals surface area contributed by atoms with Gasteiger partial charge in [0.05, 0.1) is 6.42 Å². The minimum atomic E-state index is -1.35. The highest BCUT2D eigenvalue weighted by molar-refractivity contribution is 5.71. The SMILES string of the molecule is O=C(F)Cc1cccc(Oc2ccccc2)c1. The van der Waals surface area contributed by atoms with Crippen LogP contribution in [-0.4, -0.2) is 6.04 Å². The molecular formula is C14H11FO2. The van der Waals surface area contributed by atoms with E-state index < -0.39 is 6.04 Å². The maximum Gasteiger partial charge on any atom is 0.305 e. The number of hydrogen-bond donors (Lipinski definition) is 0. The number of benzene rings is 2. The normalized spacial score (nSPS) is 9.94. The summed E-state index contributed by atoms with van der Waals surface area (Å²) >= 11 is 0. The number of para-hydroxylation sites is 1. The molecule has 0 atom stereocenters. The van der Waals surface area contributed by atoms with Gasteiger partial charge in [0.25, 0.3) is 0 Å². The van der Waals surface area contributed by atoms with Gasteiger partial charge in [-0.05, 0) is 29.8 Å². The van der Waals surface area contributed by atoms with E-state index in [-0.39, 0.29) is 6.42 Å². The van der Waals surface area contributed by atoms with E-state index in [4.69, 9.17) is 4.74 Å². The van der Waals surface area contributed by atoms with Crippen molar-refractivity contribution in [2.75, 3.05) is 0 Å². The maximum atomic E-state index is 12.3. The van der Waals surface area contributed by atoms with Crippen LogP contribution in [0.2, 0.25) is 0 Å². The quantitative estimate of drug-likeness (QED) is 0.751. The summed E-state index contributed by atoms with van der Waals surface area (Å²) in [5.41, 5.74) is 0.603. The Morgan fingerprint density at radius 3 is 2.41 bits per heavy atom. The third-order valence-electron chi connectivity index (χ3n) is 2.22. The molecule has 0 aliphatic heterocycles. The van der Waals surface area contributed by atoms with Gasteiger partial charge in [0, 0.05) is 0 Å². The van der Waals surface area contributed by atoms with E-state index in [0.717, 1.165) is 0 Å². The zero-order valence-corrected chi connectivity index (χ0v) is 9.10. The molecule has 86 valence electrons. The molecule has 0 spiro atoms. The molecule has 0 radical (unpaired) electrons. The van der Waals surface area contributed by atoms with E-state index in [0.29, 0.717) is 17.1 Å². The first-order valence-electron chi connectivity index (χ1n) is 5.24. The molecule has 0 saturated heterocycles. The first-order chi connectivity index (χ1) is 8.24. The molecule has 0 aliphatic rings. The van der Waals surface area contributed by atoms with Crippen LogP contribution in [0.25, 0.3) is 0 Å². The predicted molar refractivity (Wildman–Crippen MR) is 62.8 cm³/mol. The van der Waals surface area contributed by atoms with E-state index in [9.17, 15) is 9.18 Å². The zero-order chi connectivity index (χ0) is 12.1. The van der Waals surface area contributed by atoms with Gasteiger partial charge in [-0.25, -0.2) is 0 Å². The second-order valence-corrected chi connectivity index (χ2v) is 3.59. The van der Waals surface area contributed by atoms with E-state index in [1.54, 1.807) is 24.3 Å². The fraction of sp³-hybridized carbons (Fsp3) is 0.0714. The van der Waals surface area contributed by atoms with Crippen LogP contribution in [0.3, 0.4) is 0 Å². The van der Waals surface area contributed by atoms with Crippen molar-refractivity contribution in [1.29, 1.82) is 0 Å². The zero-order valence-electron chi connectivity index (χ0n) is 9.10. The van der Waals surface area contributed by atoms with Crippen molar-refractivity contribution >= 4 is 6.04 Å². The topological polar surface area (TPSA) is 26.3 Å². The van der Waals surface area contributed by atoms with Gasteiger partial charge in [-0.3, -0.25) is 4.79 Å². The van der Waals surface area contributed by atoms with Crippen molar-refractivity contribution in [3.63, 3.8) is 0 Å². The highest BCUT2D eigenvalue weighted by Crippen LogP contribution is 2.21. The Kier molecular flexibility index (Phi) is 3.50. The molecule has 17 heavy (non-hydrogen) atoms. The van der Waals surface area contributed by atoms with E-state index in [1.165, 1.54) is 0 Å². The number of halogens is 1. The molecule has 0 unspecified atom stereocenters. The first-order valence-corrected chi connectivity index (χ1v) is 5.24. The van der Waals surface area contributed by atoms with Crippen LogP contribution in [0, 0.1) is 0 Å². The van der Waals surface area contributed by atoms with Gasteiger partial charge in [0.2, 0.25) is 0 Å². The monoisotopic (exact) mass is 230 g/mol. The average molecular weight is 230 g/mol. The second kappa shape index (κ2) is 5.25. The Bertz CT molecular complexity index is 509. The smallest absolute Gasteiger partial charge is 0.305 e. The maximum absolute atomic E-state index is 12.3. The van der Waals surface area contributed by atoms with Gasteiger partial charge in [0.15, 0.2) is 0 Å². The summed E-state index contributed by atoms with van der Waals surface area (Å²) in [7, 11) is 0. The third kappa shape index (κ3) is 3.41. The molecule has 0 amide bonds. The van der Waals surface area contributed by atoms with Crippen LogP contribution < -0.4 is 4.74 Å². The summed E-state index contributed by atoms with van der Waals surface area (Å²) in [6.45, 7) is 0. The fourth-order valence-electron chi connectivity index (χ4n) is 1.50. The summed E-state index contributed by atoms with van der Waals surface area (Å²) < 4.78 is 17.8. The van der Waals surface area contributed by atoms with Crippen molar-refractivity contribution in [3.05, 3.63) is 60.2 Å². The first kappa shape index (κ1) is 11.3. The number of carbonyl (C=O) groups is 1. The summed E-state index contributed by atoms with van der Waals surface area (Å²) in [6.07, 6.45) is -0.216. The van der Waals surface area contributed by atoms with Crippen LogP contribution in [0.5, 0.6) is 11.5 Å². The van der Waals surface area contributed by atoms with Gasteiger partial charge in [-0.15, -0.1) is 0 Å². The molecule has 0 fully saturated rings. The van der Waals surface area contributed by atoms with Gasteiger partial charge >= 0.3 is 6.04 Å². The van der Waals surface area contributed by atoms with Crippen molar-refractivity contribution < 1.29 is 13.9 Å². The molecule has 0 N–H and O–H groups in total. The van der Waals surface area contributed by atoms with Gasteiger partial charge < -0.3 is 4.74 Å². The summed E-state index contributed by atoms with van der Waals surface area (Å²) in [4.78, 5) is 10.4. The predicted octanol–water partition coefficient (Wildman–Crippen LogP) is 3.52. The Labute approximate surface area is 98.7 Å². The molecule has 2 aromatic carbocycles. The molecule has 0 heterocycles. The molecule has 2 aromatic rings. The summed E-state index contributed by atoms with van der Waals surface area (Å²) in [5, 5.41) is 0. The Balaban J connectivity index is 2.14. The summed E-state index contributed by atoms with van der Waals surface area (Å²) in [5.74, 6) is 1.30. The number of rotatable bonds is 4. The largest absolute Gasteiger partial charge is 0.457 e. The number of carbonyl (C=O) groups excluding carboxylic acids is 1. The Hall–Kier alpha value is -2.16. The molecule has 2 nitrogen and oxygen atoms in total. The molecule has 2 rings (SSSR count). The van der Waals surface area contributed by atoms with E-state index >= 15 is 0 Å². The number of ether oxygens (including phenoxy) is 1. The minimum absolute atomic E-state index is 0.216. The van der Waals surface area contributed by atoms with Crippen molar-refractivity contribution in [2.24, 2.45) is 0 Å². The van der Waals surface area contributed by atoms with Gasteiger partial charge in [-0.1, -0.05) is 30.3 Å². The fourth-order valence-corrected chi connectivity index (χ4v) is 1.50. The lowest BCUT2D eigenvalue weighted by molar-refractivity contribution is -0.128. The van der Waals surface area contributed by atoms with E-state index in [1.807, 2.05) is 30.3 Å². The van der Waals surface area contributed by atoms with Gasteiger partial charge in [-0.2, -0.15) is 4.39 Å². The van der Waals surface area contributed by atoms with Crippen molar-refractivity contribution in [3.8, 4) is 11.5 Å². The Morgan fingerprint density at radius 2 is 1.71 bits per heavy atom. The highest BCUT2D eigenvalue weighted by atomic mass is 19.1. The van der Waals surface area contributed by atoms with Crippen LogP contribution in [-0.2, 0) is 11.2 Å². The molecule has 0 aromatic heterocycles. The van der Waals surface area contributed by atoms with E-state index in [2.05, 4.69) is 0 Å². The molecule has 3 heteroatoms. The molecule has 0 aliphatic carbocycles. The van der Waals surface area contributed by atoms with Crippen LogP contribution in [0.15, 0.2) is 54.6 Å². The summed E-state index contributed by atoms with van der Waals surface area (Å²) in [6, 6.07) is 14.8. The van der Waals surface area contributed by atoms with Crippen LogP contribution >= 0.6 is 0 Å². The molecular weight excluding hydrogens is 219 g/mol. The second-order valence-electron chi connectivity index (χ2n) is 3.59. The Morgan fingerprint density at radius 1 is 1.00 bits per heavy atom. The van der Waals surface area contributed by atoms with Crippen LogP contribution in [0.1, 0.15) is 5.56 Å². The average Bonchev–Trinajstić information content (AvgIpc) is 2.30. The minimum Gasteiger partial charge on any atom is -0.457 e. The standard InChI is InChI=1S/C14H11FO2/c15-14(16)10-11-5-4-8-13(9-11)17-12-6-2-1-3-7-12/h1-9H,10H2. The number of hydrogen-bond acceptors (Lipinski definition) is 2. The lowest BCUT2D eigenvalue weighted by atomic mass is 10.1. The van der Waals surface area contributed by atoms with Crippen LogP contribution in [0.4, 0.5) is 4.39 Å².